The second-order valence-electron chi connectivity index (χ2n) is 4.22. The first-order chi connectivity index (χ1) is 7.59. The van der Waals surface area contributed by atoms with Gasteiger partial charge < -0.3 is 10.3 Å². The second kappa shape index (κ2) is 3.96. The van der Waals surface area contributed by atoms with Gasteiger partial charge in [-0.15, -0.1) is 0 Å². The van der Waals surface area contributed by atoms with Gasteiger partial charge >= 0.3 is 0 Å². The quantitative estimate of drug-likeness (QED) is 0.840. The largest absolute Gasteiger partial charge is 0.381 e. The summed E-state index contributed by atoms with van der Waals surface area (Å²) in [4.78, 5) is 4.14. The Morgan fingerprint density at radius 2 is 2.06 bits per heavy atom. The Balaban J connectivity index is 2.56. The van der Waals surface area contributed by atoms with Crippen molar-refractivity contribution in [1.82, 2.24) is 10.1 Å². The highest BCUT2D eigenvalue weighted by molar-refractivity contribution is 5.66. The summed E-state index contributed by atoms with van der Waals surface area (Å²) in [5, 5.41) is 3.82. The third kappa shape index (κ3) is 1.78. The number of hydrogen-bond donors (Lipinski definition) is 1. The van der Waals surface area contributed by atoms with Crippen LogP contribution in [0.2, 0.25) is 0 Å². The van der Waals surface area contributed by atoms with E-state index >= 15 is 0 Å². The molecule has 0 unspecified atom stereocenters. The molecule has 16 heavy (non-hydrogen) atoms. The zero-order valence-corrected chi connectivity index (χ0v) is 9.69. The predicted octanol–water partition coefficient (Wildman–Crippen LogP) is 2.75. The fourth-order valence-electron chi connectivity index (χ4n) is 1.75. The normalized spacial score (nSPS) is 11.0. The van der Waals surface area contributed by atoms with Crippen LogP contribution in [0.1, 0.15) is 30.9 Å². The lowest BCUT2D eigenvalue weighted by molar-refractivity contribution is 0.434. The van der Waals surface area contributed by atoms with E-state index < -0.39 is 0 Å². The number of nitrogens with zero attached hydrogens (tertiary/aromatic N) is 2. The minimum absolute atomic E-state index is 0.279. The van der Waals surface area contributed by atoms with Crippen LogP contribution in [0, 0.1) is 6.92 Å². The van der Waals surface area contributed by atoms with Crippen molar-refractivity contribution in [3.05, 3.63) is 29.6 Å². The summed E-state index contributed by atoms with van der Waals surface area (Å²) in [5.74, 6) is 1.47. The zero-order valence-electron chi connectivity index (χ0n) is 9.69. The summed E-state index contributed by atoms with van der Waals surface area (Å²) >= 11 is 0. The third-order valence-electron chi connectivity index (χ3n) is 2.47. The molecule has 0 aliphatic rings. The first kappa shape index (κ1) is 10.7. The van der Waals surface area contributed by atoms with Gasteiger partial charge in [-0.25, -0.2) is 0 Å². The summed E-state index contributed by atoms with van der Waals surface area (Å²) in [7, 11) is 0. The highest BCUT2D eigenvalue weighted by Crippen LogP contribution is 2.33. The Bertz CT molecular complexity index is 503. The van der Waals surface area contributed by atoms with Crippen LogP contribution in [0.3, 0.4) is 0 Å². The van der Waals surface area contributed by atoms with Crippen molar-refractivity contribution < 1.29 is 4.52 Å². The average molecular weight is 217 g/mol. The molecule has 0 bridgehead atoms. The van der Waals surface area contributed by atoms with E-state index in [0.29, 0.717) is 5.82 Å². The molecule has 2 N–H and O–H groups in total. The first-order valence-electron chi connectivity index (χ1n) is 5.26. The number of hydrogen-bond acceptors (Lipinski definition) is 4. The molecular weight excluding hydrogens is 202 g/mol. The summed E-state index contributed by atoms with van der Waals surface area (Å²) in [6.07, 6.45) is 3.57. The monoisotopic (exact) mass is 217 g/mol. The summed E-state index contributed by atoms with van der Waals surface area (Å²) in [6, 6.07) is 2.01. The molecule has 0 spiro atoms. The number of pyridine rings is 1. The van der Waals surface area contributed by atoms with Gasteiger partial charge in [0, 0.05) is 23.5 Å². The Morgan fingerprint density at radius 1 is 1.31 bits per heavy atom. The molecule has 0 aromatic carbocycles. The van der Waals surface area contributed by atoms with Crippen LogP contribution >= 0.6 is 0 Å². The molecule has 0 aliphatic heterocycles. The molecule has 2 heterocycles. The number of anilines is 1. The molecule has 0 aliphatic carbocycles. The smallest absolute Gasteiger partial charge is 0.174 e. The van der Waals surface area contributed by atoms with E-state index in [1.807, 2.05) is 13.0 Å². The van der Waals surface area contributed by atoms with Gasteiger partial charge in [-0.3, -0.25) is 4.98 Å². The standard InChI is InChI=1S/C12H15N3O/c1-7(2)10-11(16-15-12(10)13)9-4-8(3)5-14-6-9/h4-7H,1-3H3,(H2,13,15). The molecular formula is C12H15N3O. The van der Waals surface area contributed by atoms with Gasteiger partial charge in [0.1, 0.15) is 0 Å². The first-order valence-corrected chi connectivity index (χ1v) is 5.26. The molecule has 0 radical (unpaired) electrons. The van der Waals surface area contributed by atoms with E-state index in [0.717, 1.165) is 22.5 Å². The lowest BCUT2D eigenvalue weighted by atomic mass is 10.00. The lowest BCUT2D eigenvalue weighted by Crippen LogP contribution is -1.95. The van der Waals surface area contributed by atoms with Crippen LogP contribution in [0.25, 0.3) is 11.3 Å². The zero-order chi connectivity index (χ0) is 11.7. The average Bonchev–Trinajstić information content (AvgIpc) is 2.60. The van der Waals surface area contributed by atoms with E-state index in [4.69, 9.17) is 10.3 Å². The molecule has 4 heteroatoms. The van der Waals surface area contributed by atoms with Gasteiger partial charge in [-0.05, 0) is 24.5 Å². The summed E-state index contributed by atoms with van der Waals surface area (Å²) < 4.78 is 5.28. The SMILES string of the molecule is Cc1cncc(-c2onc(N)c2C(C)C)c1. The molecule has 2 aromatic heterocycles. The lowest BCUT2D eigenvalue weighted by Gasteiger charge is -2.05. The molecule has 0 saturated carbocycles. The fraction of sp³-hybridized carbons (Fsp3) is 0.333. The summed E-state index contributed by atoms with van der Waals surface area (Å²) in [6.45, 7) is 6.12. The molecule has 0 atom stereocenters. The van der Waals surface area contributed by atoms with Crippen molar-refractivity contribution in [2.75, 3.05) is 5.73 Å². The Hall–Kier alpha value is -1.84. The fourth-order valence-corrected chi connectivity index (χ4v) is 1.75. The maximum Gasteiger partial charge on any atom is 0.174 e. The topological polar surface area (TPSA) is 64.9 Å². The number of aryl methyl sites for hydroxylation is 1. The van der Waals surface area contributed by atoms with Crippen molar-refractivity contribution in [3.8, 4) is 11.3 Å². The van der Waals surface area contributed by atoms with Gasteiger partial charge in [0.2, 0.25) is 0 Å². The van der Waals surface area contributed by atoms with Gasteiger partial charge in [0.25, 0.3) is 0 Å². The van der Waals surface area contributed by atoms with Crippen molar-refractivity contribution in [3.63, 3.8) is 0 Å². The number of nitrogen functional groups attached to an aromatic ring is 1. The van der Waals surface area contributed by atoms with Crippen LogP contribution in [0.5, 0.6) is 0 Å². The number of nitrogens with two attached hydrogens (primary N) is 1. The number of rotatable bonds is 2. The van der Waals surface area contributed by atoms with E-state index in [1.165, 1.54) is 0 Å². The van der Waals surface area contributed by atoms with Crippen molar-refractivity contribution in [1.29, 1.82) is 0 Å². The Labute approximate surface area is 94.5 Å². The van der Waals surface area contributed by atoms with E-state index in [-0.39, 0.29) is 5.92 Å². The molecule has 0 saturated heterocycles. The van der Waals surface area contributed by atoms with E-state index in [9.17, 15) is 0 Å². The highest BCUT2D eigenvalue weighted by Gasteiger charge is 2.18. The molecule has 4 nitrogen and oxygen atoms in total. The maximum absolute atomic E-state index is 5.79. The van der Waals surface area contributed by atoms with Crippen LogP contribution in [-0.2, 0) is 0 Å². The van der Waals surface area contributed by atoms with Crippen molar-refractivity contribution in [2.45, 2.75) is 26.7 Å². The van der Waals surface area contributed by atoms with Crippen LogP contribution < -0.4 is 5.73 Å². The third-order valence-corrected chi connectivity index (χ3v) is 2.47. The van der Waals surface area contributed by atoms with Crippen LogP contribution in [-0.4, -0.2) is 10.1 Å². The molecule has 84 valence electrons. The molecule has 2 rings (SSSR count). The van der Waals surface area contributed by atoms with Gasteiger partial charge in [0.05, 0.1) is 0 Å². The molecule has 0 fully saturated rings. The highest BCUT2D eigenvalue weighted by atomic mass is 16.5. The minimum Gasteiger partial charge on any atom is -0.381 e. The minimum atomic E-state index is 0.279. The van der Waals surface area contributed by atoms with E-state index in [2.05, 4.69) is 24.0 Å². The predicted molar refractivity (Wildman–Crippen MR) is 63.0 cm³/mol. The molecule has 2 aromatic rings. The van der Waals surface area contributed by atoms with Crippen LogP contribution in [0.4, 0.5) is 5.82 Å². The second-order valence-corrected chi connectivity index (χ2v) is 4.22. The Kier molecular flexibility index (Phi) is 2.64. The number of aromatic nitrogens is 2. The van der Waals surface area contributed by atoms with Gasteiger partial charge in [0.15, 0.2) is 11.6 Å². The van der Waals surface area contributed by atoms with Crippen LogP contribution in [0.15, 0.2) is 23.0 Å². The maximum atomic E-state index is 5.79. The van der Waals surface area contributed by atoms with Gasteiger partial charge in [-0.1, -0.05) is 19.0 Å². The van der Waals surface area contributed by atoms with Gasteiger partial charge in [-0.2, -0.15) is 0 Å². The van der Waals surface area contributed by atoms with Crippen molar-refractivity contribution >= 4 is 5.82 Å². The Morgan fingerprint density at radius 3 is 2.69 bits per heavy atom. The van der Waals surface area contributed by atoms with E-state index in [1.54, 1.807) is 12.4 Å². The van der Waals surface area contributed by atoms with Crippen molar-refractivity contribution in [2.24, 2.45) is 0 Å². The summed E-state index contributed by atoms with van der Waals surface area (Å²) in [5.41, 5.74) is 8.75. The molecule has 0 amide bonds.